The molecule has 1 N–H and O–H groups in total. The first kappa shape index (κ1) is 23.7. The number of hydrogen-bond donors (Lipinski definition) is 1. The molecule has 35 heavy (non-hydrogen) atoms. The summed E-state index contributed by atoms with van der Waals surface area (Å²) in [5.74, 6) is 2.11. The van der Waals surface area contributed by atoms with Crippen molar-refractivity contribution in [1.29, 1.82) is 0 Å². The number of nitrogens with one attached hydrogen (secondary N) is 1. The van der Waals surface area contributed by atoms with Crippen molar-refractivity contribution >= 4 is 10.9 Å². The van der Waals surface area contributed by atoms with Gasteiger partial charge >= 0.3 is 0 Å². The third kappa shape index (κ3) is 5.16. The normalized spacial score (nSPS) is 18.4. The highest BCUT2D eigenvalue weighted by atomic mass is 16.6. The van der Waals surface area contributed by atoms with Gasteiger partial charge in [0, 0.05) is 43.8 Å². The lowest BCUT2D eigenvalue weighted by molar-refractivity contribution is 0.0484. The van der Waals surface area contributed by atoms with Gasteiger partial charge in [0.2, 0.25) is 0 Å². The van der Waals surface area contributed by atoms with Crippen molar-refractivity contribution in [1.82, 2.24) is 30.1 Å². The topological polar surface area (TPSA) is 117 Å². The number of pyridine rings is 1. The Kier molecular flexibility index (Phi) is 7.26. The molecule has 11 heteroatoms. The van der Waals surface area contributed by atoms with Crippen molar-refractivity contribution in [3.8, 4) is 11.5 Å². The monoisotopic (exact) mass is 484 g/mol. The van der Waals surface area contributed by atoms with E-state index in [-0.39, 0.29) is 17.7 Å². The number of methoxy groups -OCH3 is 1. The van der Waals surface area contributed by atoms with Gasteiger partial charge in [0.1, 0.15) is 13.2 Å². The molecule has 0 unspecified atom stereocenters. The van der Waals surface area contributed by atoms with Crippen molar-refractivity contribution in [3.05, 3.63) is 39.9 Å². The van der Waals surface area contributed by atoms with Gasteiger partial charge in [0.15, 0.2) is 17.3 Å². The molecule has 0 spiro atoms. The Morgan fingerprint density at radius 2 is 2.06 bits per heavy atom. The van der Waals surface area contributed by atoms with Gasteiger partial charge in [-0.25, -0.2) is 4.68 Å². The van der Waals surface area contributed by atoms with E-state index in [1.54, 1.807) is 11.8 Å². The van der Waals surface area contributed by atoms with Gasteiger partial charge in [-0.1, -0.05) is 6.92 Å². The zero-order valence-corrected chi connectivity index (χ0v) is 20.2. The highest BCUT2D eigenvalue weighted by Gasteiger charge is 2.29. The standard InChI is InChI=1S/C24H32N6O5/c1-3-20(23-26-27-28-30(23)6-8-32-2)29(15-18-5-4-7-33-18)14-17-11-16-12-21-22(35-10-9-34-21)13-19(16)25-24(17)31/h11-13,18,20H,3-10,14-15H2,1-2H3,(H,25,31)/t18-,20+/m1/s1. The molecule has 1 aromatic carbocycles. The molecule has 2 aliphatic heterocycles. The van der Waals surface area contributed by atoms with Gasteiger partial charge in [-0.15, -0.1) is 5.10 Å². The lowest BCUT2D eigenvalue weighted by atomic mass is 10.1. The summed E-state index contributed by atoms with van der Waals surface area (Å²) in [6.07, 6.45) is 2.94. The van der Waals surface area contributed by atoms with E-state index in [9.17, 15) is 4.79 Å². The van der Waals surface area contributed by atoms with Crippen LogP contribution in [-0.2, 0) is 22.6 Å². The largest absolute Gasteiger partial charge is 0.486 e. The summed E-state index contributed by atoms with van der Waals surface area (Å²) < 4.78 is 24.4. The highest BCUT2D eigenvalue weighted by molar-refractivity contribution is 5.83. The smallest absolute Gasteiger partial charge is 0.252 e. The van der Waals surface area contributed by atoms with Crippen molar-refractivity contribution in [3.63, 3.8) is 0 Å². The molecule has 188 valence electrons. The Hall–Kier alpha value is -3.02. The predicted octanol–water partition coefficient (Wildman–Crippen LogP) is 2.06. The summed E-state index contributed by atoms with van der Waals surface area (Å²) in [5.41, 5.74) is 1.27. The van der Waals surface area contributed by atoms with E-state index in [4.69, 9.17) is 18.9 Å². The molecule has 11 nitrogen and oxygen atoms in total. The Balaban J connectivity index is 1.47. The molecule has 0 aliphatic carbocycles. The zero-order chi connectivity index (χ0) is 24.2. The molecular weight excluding hydrogens is 452 g/mol. The van der Waals surface area contributed by atoms with Gasteiger partial charge in [0.25, 0.3) is 5.56 Å². The van der Waals surface area contributed by atoms with E-state index < -0.39 is 0 Å². The Morgan fingerprint density at radius 3 is 2.80 bits per heavy atom. The summed E-state index contributed by atoms with van der Waals surface area (Å²) in [4.78, 5) is 18.4. The molecule has 2 aromatic heterocycles. The maximum atomic E-state index is 13.1. The average Bonchev–Trinajstić information content (AvgIpc) is 3.55. The first-order valence-electron chi connectivity index (χ1n) is 12.2. The van der Waals surface area contributed by atoms with Crippen molar-refractivity contribution < 1.29 is 18.9 Å². The summed E-state index contributed by atoms with van der Waals surface area (Å²) in [5, 5.41) is 13.3. The fraction of sp³-hybridized carbons (Fsp3) is 0.583. The molecule has 2 aliphatic rings. The Morgan fingerprint density at radius 1 is 1.23 bits per heavy atom. The van der Waals surface area contributed by atoms with Gasteiger partial charge < -0.3 is 23.9 Å². The molecule has 1 saturated heterocycles. The molecule has 1 fully saturated rings. The average molecular weight is 485 g/mol. The molecule has 5 rings (SSSR count). The Labute approximate surface area is 203 Å². The van der Waals surface area contributed by atoms with E-state index in [0.29, 0.717) is 56.5 Å². The molecule has 0 radical (unpaired) electrons. The molecule has 0 bridgehead atoms. The third-order valence-electron chi connectivity index (χ3n) is 6.61. The minimum absolute atomic E-state index is 0.0820. The van der Waals surface area contributed by atoms with Gasteiger partial charge in [-0.3, -0.25) is 9.69 Å². The SMILES string of the molecule is CC[C@@H](c1nnnn1CCOC)N(Cc1cc2cc3c(cc2[nH]c1=O)OCCO3)C[C@H]1CCCO1. The first-order chi connectivity index (χ1) is 17.2. The number of hydrogen-bond acceptors (Lipinski definition) is 9. The number of ether oxygens (including phenoxy) is 4. The van der Waals surface area contributed by atoms with Crippen LogP contribution in [-0.4, -0.2) is 76.3 Å². The van der Waals surface area contributed by atoms with E-state index in [1.807, 2.05) is 18.2 Å². The van der Waals surface area contributed by atoms with E-state index in [0.717, 1.165) is 42.6 Å². The van der Waals surface area contributed by atoms with E-state index in [2.05, 4.69) is 32.3 Å². The van der Waals surface area contributed by atoms with E-state index >= 15 is 0 Å². The number of fused-ring (bicyclic) bond motifs is 2. The summed E-state index contributed by atoms with van der Waals surface area (Å²) in [7, 11) is 1.66. The number of tetrazole rings is 1. The summed E-state index contributed by atoms with van der Waals surface area (Å²) >= 11 is 0. The first-order valence-corrected chi connectivity index (χ1v) is 12.2. The number of aromatic amines is 1. The minimum Gasteiger partial charge on any atom is -0.486 e. The van der Waals surface area contributed by atoms with Crippen LogP contribution in [0.3, 0.4) is 0 Å². The third-order valence-corrected chi connectivity index (χ3v) is 6.61. The molecular formula is C24H32N6O5. The van der Waals surface area contributed by atoms with Crippen molar-refractivity contribution in [2.45, 2.75) is 51.4 Å². The number of rotatable bonds is 10. The second-order valence-corrected chi connectivity index (χ2v) is 8.95. The lowest BCUT2D eigenvalue weighted by Gasteiger charge is -2.32. The summed E-state index contributed by atoms with van der Waals surface area (Å²) in [6, 6.07) is 5.62. The highest BCUT2D eigenvalue weighted by Crippen LogP contribution is 2.34. The second kappa shape index (κ2) is 10.7. The van der Waals surface area contributed by atoms with Crippen LogP contribution in [0.15, 0.2) is 23.0 Å². The molecule has 2 atom stereocenters. The molecule has 0 amide bonds. The fourth-order valence-corrected chi connectivity index (χ4v) is 4.87. The zero-order valence-electron chi connectivity index (χ0n) is 20.2. The van der Waals surface area contributed by atoms with E-state index in [1.165, 1.54) is 0 Å². The maximum Gasteiger partial charge on any atom is 0.252 e. The van der Waals surface area contributed by atoms with Gasteiger partial charge in [-0.05, 0) is 41.8 Å². The number of aromatic nitrogens is 5. The second-order valence-electron chi connectivity index (χ2n) is 8.95. The Bertz CT molecular complexity index is 1200. The lowest BCUT2D eigenvalue weighted by Crippen LogP contribution is -2.38. The van der Waals surface area contributed by atoms with Crippen molar-refractivity contribution in [2.75, 3.05) is 40.1 Å². The quantitative estimate of drug-likeness (QED) is 0.461. The van der Waals surface area contributed by atoms with Crippen molar-refractivity contribution in [2.24, 2.45) is 0 Å². The molecule has 4 heterocycles. The van der Waals surface area contributed by atoms with Gasteiger partial charge in [0.05, 0.1) is 30.8 Å². The molecule has 0 saturated carbocycles. The van der Waals surface area contributed by atoms with Crippen LogP contribution in [0.25, 0.3) is 10.9 Å². The number of H-pyrrole nitrogens is 1. The van der Waals surface area contributed by atoms with Crippen LogP contribution in [0.1, 0.15) is 43.6 Å². The van der Waals surface area contributed by atoms with Gasteiger partial charge in [-0.2, -0.15) is 0 Å². The minimum atomic E-state index is -0.125. The number of nitrogens with zero attached hydrogens (tertiary/aromatic N) is 5. The number of benzene rings is 1. The van der Waals surface area contributed by atoms with Crippen LogP contribution < -0.4 is 15.0 Å². The fourth-order valence-electron chi connectivity index (χ4n) is 4.87. The maximum absolute atomic E-state index is 13.1. The molecule has 3 aromatic rings. The van der Waals surface area contributed by atoms with Crippen LogP contribution in [0.2, 0.25) is 0 Å². The van der Waals surface area contributed by atoms with Crippen LogP contribution in [0.5, 0.6) is 11.5 Å². The predicted molar refractivity (Wildman–Crippen MR) is 128 cm³/mol. The van der Waals surface area contributed by atoms with Crippen LogP contribution in [0, 0.1) is 0 Å². The van der Waals surface area contributed by atoms with Crippen LogP contribution in [0.4, 0.5) is 0 Å². The van der Waals surface area contributed by atoms with Crippen LogP contribution >= 0.6 is 0 Å². The summed E-state index contributed by atoms with van der Waals surface area (Å²) in [6.45, 7) is 6.10.